The summed E-state index contributed by atoms with van der Waals surface area (Å²) in [6, 6.07) is 49.3. The van der Waals surface area contributed by atoms with Gasteiger partial charge in [-0.3, -0.25) is 0 Å². The number of benzene rings is 6. The minimum Gasteiger partial charge on any atom is -0.460 e. The van der Waals surface area contributed by atoms with Crippen LogP contribution < -0.4 is 4.90 Å². The molecule has 1 heterocycles. The standard InChI is InChI=1S/C50H39NO/c1-3-12-35(13-4-1)45-32-39(38-23-22-37-27-31-49-50(46(37)33-38)44-19-9-10-21-48(44)52-49)26-30-47(45)51(40-16-5-2-6-17-40)41-28-24-36(25-29-41)43-20-11-15-34-14-7-8-18-42(34)43/h1-3,5-6,8-12,15-26,28-30,32-33H,4,7,13-14,27,31H2. The van der Waals surface area contributed by atoms with Gasteiger partial charge in [0.2, 0.25) is 0 Å². The van der Waals surface area contributed by atoms with E-state index in [-0.39, 0.29) is 0 Å². The number of hydrogen-bond donors (Lipinski definition) is 0. The van der Waals surface area contributed by atoms with Gasteiger partial charge < -0.3 is 9.32 Å². The zero-order chi connectivity index (χ0) is 34.4. The molecule has 6 aromatic carbocycles. The summed E-state index contributed by atoms with van der Waals surface area (Å²) in [4.78, 5) is 2.43. The van der Waals surface area contributed by atoms with Crippen molar-refractivity contribution < 1.29 is 4.42 Å². The third kappa shape index (κ3) is 5.34. The zero-order valence-corrected chi connectivity index (χ0v) is 29.2. The van der Waals surface area contributed by atoms with Gasteiger partial charge in [-0.1, -0.05) is 115 Å². The maximum absolute atomic E-state index is 6.35. The average molecular weight is 670 g/mol. The molecule has 0 radical (unpaired) electrons. The molecule has 0 bridgehead atoms. The third-order valence-corrected chi connectivity index (χ3v) is 11.1. The fourth-order valence-corrected chi connectivity index (χ4v) is 8.53. The van der Waals surface area contributed by atoms with Crippen molar-refractivity contribution in [3.8, 4) is 33.4 Å². The quantitative estimate of drug-likeness (QED) is 0.175. The van der Waals surface area contributed by atoms with E-state index >= 15 is 0 Å². The summed E-state index contributed by atoms with van der Waals surface area (Å²) in [7, 11) is 0. The van der Waals surface area contributed by atoms with Gasteiger partial charge in [-0.05, 0) is 131 Å². The molecule has 0 unspecified atom stereocenters. The number of rotatable bonds is 6. The Morgan fingerprint density at radius 3 is 2.15 bits per heavy atom. The second-order valence-electron chi connectivity index (χ2n) is 14.2. The summed E-state index contributed by atoms with van der Waals surface area (Å²) in [6.45, 7) is 0. The van der Waals surface area contributed by atoms with E-state index in [1.54, 1.807) is 0 Å². The fourth-order valence-electron chi connectivity index (χ4n) is 8.53. The summed E-state index contributed by atoms with van der Waals surface area (Å²) in [6.07, 6.45) is 17.6. The Morgan fingerprint density at radius 1 is 0.519 bits per heavy atom. The van der Waals surface area contributed by atoms with Crippen LogP contribution in [0, 0.1) is 0 Å². The molecule has 0 saturated carbocycles. The molecule has 0 saturated heterocycles. The Hall–Kier alpha value is -6.12. The predicted octanol–water partition coefficient (Wildman–Crippen LogP) is 13.7. The molecule has 7 aromatic rings. The predicted molar refractivity (Wildman–Crippen MR) is 218 cm³/mol. The monoisotopic (exact) mass is 669 g/mol. The van der Waals surface area contributed by atoms with Crippen LogP contribution in [0.1, 0.15) is 47.3 Å². The van der Waals surface area contributed by atoms with E-state index in [4.69, 9.17) is 4.42 Å². The van der Waals surface area contributed by atoms with Gasteiger partial charge >= 0.3 is 0 Å². The van der Waals surface area contributed by atoms with Crippen molar-refractivity contribution in [2.45, 2.75) is 38.5 Å². The molecule has 0 fully saturated rings. The number of furan rings is 1. The first-order valence-corrected chi connectivity index (χ1v) is 18.7. The molecule has 0 spiro atoms. The molecule has 52 heavy (non-hydrogen) atoms. The highest BCUT2D eigenvalue weighted by atomic mass is 16.3. The largest absolute Gasteiger partial charge is 0.460 e. The summed E-state index contributed by atoms with van der Waals surface area (Å²) in [5, 5.41) is 1.21. The molecule has 2 nitrogen and oxygen atoms in total. The SMILES string of the molecule is C1=CCCC(c2cc(-c3ccc4c(c3)-c3c(oc5ccccc35)CC4)ccc2N(c2ccccc2)c2ccc(-c3cccc4c3C=CCC4)cc2)=C1. The van der Waals surface area contributed by atoms with Gasteiger partial charge in [-0.25, -0.2) is 0 Å². The van der Waals surface area contributed by atoms with Gasteiger partial charge in [0.15, 0.2) is 0 Å². The lowest BCUT2D eigenvalue weighted by molar-refractivity contribution is 0.546. The maximum atomic E-state index is 6.35. The zero-order valence-electron chi connectivity index (χ0n) is 29.2. The lowest BCUT2D eigenvalue weighted by atomic mass is 9.85. The van der Waals surface area contributed by atoms with E-state index in [0.29, 0.717) is 0 Å². The van der Waals surface area contributed by atoms with Crippen LogP contribution in [-0.2, 0) is 19.3 Å². The Morgan fingerprint density at radius 2 is 1.29 bits per heavy atom. The summed E-state index contributed by atoms with van der Waals surface area (Å²) in [5.41, 5.74) is 18.8. The second-order valence-corrected chi connectivity index (χ2v) is 14.2. The molecule has 2 heteroatoms. The number of allylic oxidation sites excluding steroid dienone is 5. The first-order chi connectivity index (χ1) is 25.8. The highest BCUT2D eigenvalue weighted by Crippen LogP contribution is 2.45. The lowest BCUT2D eigenvalue weighted by Gasteiger charge is -2.29. The van der Waals surface area contributed by atoms with E-state index in [2.05, 4.69) is 169 Å². The fraction of sp³-hybridized carbons (Fsp3) is 0.120. The molecule has 250 valence electrons. The molecule has 3 aliphatic carbocycles. The van der Waals surface area contributed by atoms with Gasteiger partial charge in [0, 0.05) is 34.3 Å². The minimum atomic E-state index is 0.942. The van der Waals surface area contributed by atoms with Crippen molar-refractivity contribution in [3.63, 3.8) is 0 Å². The number of anilines is 3. The van der Waals surface area contributed by atoms with Crippen LogP contribution in [0.25, 0.3) is 56.0 Å². The summed E-state index contributed by atoms with van der Waals surface area (Å²) in [5.74, 6) is 1.11. The van der Waals surface area contributed by atoms with Gasteiger partial charge in [0.05, 0.1) is 5.69 Å². The topological polar surface area (TPSA) is 16.4 Å². The lowest BCUT2D eigenvalue weighted by Crippen LogP contribution is -2.12. The van der Waals surface area contributed by atoms with Crippen molar-refractivity contribution >= 4 is 39.7 Å². The molecule has 0 aliphatic heterocycles. The van der Waals surface area contributed by atoms with Crippen LogP contribution in [0.5, 0.6) is 0 Å². The van der Waals surface area contributed by atoms with Crippen LogP contribution >= 0.6 is 0 Å². The Balaban J connectivity index is 1.10. The molecule has 0 amide bonds. The van der Waals surface area contributed by atoms with Crippen LogP contribution in [0.2, 0.25) is 0 Å². The molecule has 0 N–H and O–H groups in total. The molecule has 3 aliphatic rings. The normalized spacial score (nSPS) is 14.4. The number of para-hydroxylation sites is 2. The Kier molecular flexibility index (Phi) is 7.61. The highest BCUT2D eigenvalue weighted by molar-refractivity contribution is 5.98. The summed E-state index contributed by atoms with van der Waals surface area (Å²) < 4.78 is 6.35. The van der Waals surface area contributed by atoms with E-state index < -0.39 is 0 Å². The van der Waals surface area contributed by atoms with Gasteiger partial charge in [-0.2, -0.15) is 0 Å². The number of nitrogens with zero attached hydrogens (tertiary/aromatic N) is 1. The van der Waals surface area contributed by atoms with E-state index in [0.717, 1.165) is 61.2 Å². The number of aryl methyl sites for hydroxylation is 3. The minimum absolute atomic E-state index is 0.942. The van der Waals surface area contributed by atoms with Crippen LogP contribution in [0.15, 0.2) is 162 Å². The maximum Gasteiger partial charge on any atom is 0.134 e. The first kappa shape index (κ1) is 30.7. The van der Waals surface area contributed by atoms with Crippen molar-refractivity contribution in [1.29, 1.82) is 0 Å². The van der Waals surface area contributed by atoms with E-state index in [1.807, 2.05) is 0 Å². The Bertz CT molecular complexity index is 2560. The van der Waals surface area contributed by atoms with E-state index in [1.165, 1.54) is 72.3 Å². The van der Waals surface area contributed by atoms with Crippen LogP contribution in [-0.4, -0.2) is 0 Å². The average Bonchev–Trinajstić information content (AvgIpc) is 3.61. The number of hydrogen-bond acceptors (Lipinski definition) is 2. The third-order valence-electron chi connectivity index (χ3n) is 11.1. The molecular weight excluding hydrogens is 631 g/mol. The molecule has 0 atom stereocenters. The first-order valence-electron chi connectivity index (χ1n) is 18.7. The van der Waals surface area contributed by atoms with Gasteiger partial charge in [0.1, 0.15) is 11.3 Å². The molecule has 10 rings (SSSR count). The molecular formula is C50H39NO. The van der Waals surface area contributed by atoms with Crippen molar-refractivity contribution in [3.05, 3.63) is 186 Å². The van der Waals surface area contributed by atoms with Gasteiger partial charge in [-0.15, -0.1) is 0 Å². The second kappa shape index (κ2) is 12.9. The van der Waals surface area contributed by atoms with Crippen molar-refractivity contribution in [2.24, 2.45) is 0 Å². The molecule has 1 aromatic heterocycles. The summed E-state index contributed by atoms with van der Waals surface area (Å²) >= 11 is 0. The van der Waals surface area contributed by atoms with Crippen molar-refractivity contribution in [1.82, 2.24) is 0 Å². The van der Waals surface area contributed by atoms with Crippen molar-refractivity contribution in [2.75, 3.05) is 4.90 Å². The van der Waals surface area contributed by atoms with E-state index in [9.17, 15) is 0 Å². The van der Waals surface area contributed by atoms with Gasteiger partial charge in [0.25, 0.3) is 0 Å². The Labute approximate surface area is 305 Å². The number of fused-ring (bicyclic) bond motifs is 6. The van der Waals surface area contributed by atoms with Crippen LogP contribution in [0.3, 0.4) is 0 Å². The highest BCUT2D eigenvalue weighted by Gasteiger charge is 2.24. The smallest absolute Gasteiger partial charge is 0.134 e. The van der Waals surface area contributed by atoms with Crippen LogP contribution in [0.4, 0.5) is 17.1 Å².